The molecule has 1 rings (SSSR count). The van der Waals surface area contributed by atoms with Gasteiger partial charge in [-0.3, -0.25) is 4.21 Å². The summed E-state index contributed by atoms with van der Waals surface area (Å²) in [7, 11) is -0.797. The first-order chi connectivity index (χ1) is 8.02. The van der Waals surface area contributed by atoms with Crippen LogP contribution in [0.15, 0.2) is 24.3 Å². The SMILES string of the molecule is CCS(=O)CC(N)c1ccc(CC(C)C)cc1. The molecule has 96 valence electrons. The first-order valence-electron chi connectivity index (χ1n) is 6.22. The van der Waals surface area contributed by atoms with Crippen molar-refractivity contribution in [1.29, 1.82) is 0 Å². The monoisotopic (exact) mass is 253 g/mol. The Morgan fingerprint density at radius 3 is 2.29 bits per heavy atom. The van der Waals surface area contributed by atoms with Crippen molar-refractivity contribution in [2.75, 3.05) is 11.5 Å². The molecule has 0 fully saturated rings. The summed E-state index contributed by atoms with van der Waals surface area (Å²) in [5.74, 6) is 1.90. The van der Waals surface area contributed by atoms with E-state index in [2.05, 4.69) is 38.1 Å². The third-order valence-corrected chi connectivity index (χ3v) is 4.11. The summed E-state index contributed by atoms with van der Waals surface area (Å²) < 4.78 is 11.4. The molecule has 1 aromatic rings. The Kier molecular flexibility index (Phi) is 5.86. The fourth-order valence-electron chi connectivity index (χ4n) is 1.79. The molecule has 2 nitrogen and oxygen atoms in total. The molecule has 0 heterocycles. The van der Waals surface area contributed by atoms with Crippen LogP contribution < -0.4 is 5.73 Å². The summed E-state index contributed by atoms with van der Waals surface area (Å²) >= 11 is 0. The minimum Gasteiger partial charge on any atom is -0.323 e. The van der Waals surface area contributed by atoms with Crippen LogP contribution >= 0.6 is 0 Å². The minimum absolute atomic E-state index is 0.108. The Hall–Kier alpha value is -0.670. The Labute approximate surface area is 107 Å². The molecule has 2 N–H and O–H groups in total. The minimum atomic E-state index is -0.797. The standard InChI is InChI=1S/C14H23NOS/c1-4-17(16)10-14(15)13-7-5-12(6-8-13)9-11(2)3/h5-8,11,14H,4,9-10,15H2,1-3H3. The van der Waals surface area contributed by atoms with Gasteiger partial charge < -0.3 is 5.73 Å². The smallest absolute Gasteiger partial charge is 0.0428 e. The summed E-state index contributed by atoms with van der Waals surface area (Å²) in [6.07, 6.45) is 1.09. The Bertz CT molecular complexity index is 359. The molecule has 0 amide bonds. The number of hydrogen-bond donors (Lipinski definition) is 1. The second-order valence-electron chi connectivity index (χ2n) is 4.84. The zero-order chi connectivity index (χ0) is 12.8. The van der Waals surface area contributed by atoms with E-state index >= 15 is 0 Å². The van der Waals surface area contributed by atoms with E-state index in [1.165, 1.54) is 5.56 Å². The van der Waals surface area contributed by atoms with Gasteiger partial charge in [0.2, 0.25) is 0 Å². The lowest BCUT2D eigenvalue weighted by Gasteiger charge is -2.12. The largest absolute Gasteiger partial charge is 0.323 e. The topological polar surface area (TPSA) is 43.1 Å². The van der Waals surface area contributed by atoms with Crippen LogP contribution in [-0.2, 0) is 17.2 Å². The van der Waals surface area contributed by atoms with Crippen LogP contribution in [0.1, 0.15) is 37.9 Å². The molecular formula is C14H23NOS. The lowest BCUT2D eigenvalue weighted by molar-refractivity contribution is 0.646. The van der Waals surface area contributed by atoms with E-state index in [-0.39, 0.29) is 6.04 Å². The quantitative estimate of drug-likeness (QED) is 0.847. The Morgan fingerprint density at radius 2 is 1.82 bits per heavy atom. The number of nitrogens with two attached hydrogens (primary N) is 1. The molecule has 0 saturated carbocycles. The van der Waals surface area contributed by atoms with Gasteiger partial charge in [0.15, 0.2) is 0 Å². The van der Waals surface area contributed by atoms with Crippen molar-refractivity contribution in [1.82, 2.24) is 0 Å². The molecule has 0 radical (unpaired) electrons. The highest BCUT2D eigenvalue weighted by Gasteiger charge is 2.09. The number of rotatable bonds is 6. The van der Waals surface area contributed by atoms with Crippen LogP contribution in [0.3, 0.4) is 0 Å². The molecule has 3 heteroatoms. The highest BCUT2D eigenvalue weighted by atomic mass is 32.2. The molecule has 0 aliphatic heterocycles. The third kappa shape index (κ3) is 5.00. The molecule has 0 saturated heterocycles. The predicted molar refractivity (Wildman–Crippen MR) is 75.5 cm³/mol. The van der Waals surface area contributed by atoms with Gasteiger partial charge in [-0.25, -0.2) is 0 Å². The van der Waals surface area contributed by atoms with Crippen LogP contribution in [0.2, 0.25) is 0 Å². The molecule has 0 aromatic heterocycles. The molecule has 0 bridgehead atoms. The summed E-state index contributed by atoms with van der Waals surface area (Å²) in [6, 6.07) is 8.28. The van der Waals surface area contributed by atoms with E-state index in [9.17, 15) is 4.21 Å². The van der Waals surface area contributed by atoms with Crippen molar-refractivity contribution in [2.24, 2.45) is 11.7 Å². The lowest BCUT2D eigenvalue weighted by Crippen LogP contribution is -2.19. The summed E-state index contributed by atoms with van der Waals surface area (Å²) in [5.41, 5.74) is 8.45. The van der Waals surface area contributed by atoms with Crippen LogP contribution in [0, 0.1) is 5.92 Å². The molecular weight excluding hydrogens is 230 g/mol. The maximum atomic E-state index is 11.4. The van der Waals surface area contributed by atoms with Gasteiger partial charge in [-0.1, -0.05) is 45.0 Å². The van der Waals surface area contributed by atoms with Gasteiger partial charge in [0.05, 0.1) is 0 Å². The Balaban J connectivity index is 2.63. The lowest BCUT2D eigenvalue weighted by atomic mass is 10.0. The van der Waals surface area contributed by atoms with Gasteiger partial charge in [0.1, 0.15) is 0 Å². The normalized spacial score (nSPS) is 14.9. The third-order valence-electron chi connectivity index (χ3n) is 2.74. The fraction of sp³-hybridized carbons (Fsp3) is 0.571. The van der Waals surface area contributed by atoms with Gasteiger partial charge >= 0.3 is 0 Å². The van der Waals surface area contributed by atoms with Gasteiger partial charge in [0, 0.05) is 28.3 Å². The van der Waals surface area contributed by atoms with E-state index in [4.69, 9.17) is 5.73 Å². The highest BCUT2D eigenvalue weighted by Crippen LogP contribution is 2.15. The van der Waals surface area contributed by atoms with Crippen molar-refractivity contribution < 1.29 is 4.21 Å². The van der Waals surface area contributed by atoms with Crippen LogP contribution in [-0.4, -0.2) is 15.7 Å². The average molecular weight is 253 g/mol. The fourth-order valence-corrected chi connectivity index (χ4v) is 2.62. The van der Waals surface area contributed by atoms with Crippen molar-refractivity contribution in [3.63, 3.8) is 0 Å². The molecule has 0 aliphatic carbocycles. The maximum absolute atomic E-state index is 11.4. The summed E-state index contributed by atoms with van der Waals surface area (Å²) in [5, 5.41) is 0. The van der Waals surface area contributed by atoms with Gasteiger partial charge in [-0.05, 0) is 23.5 Å². The molecule has 0 aliphatic rings. The van der Waals surface area contributed by atoms with Crippen molar-refractivity contribution in [3.05, 3.63) is 35.4 Å². The van der Waals surface area contributed by atoms with Gasteiger partial charge in [0.25, 0.3) is 0 Å². The molecule has 0 spiro atoms. The number of hydrogen-bond acceptors (Lipinski definition) is 2. The number of benzene rings is 1. The maximum Gasteiger partial charge on any atom is 0.0428 e. The van der Waals surface area contributed by atoms with Gasteiger partial charge in [-0.15, -0.1) is 0 Å². The van der Waals surface area contributed by atoms with E-state index in [0.717, 1.165) is 12.0 Å². The van der Waals surface area contributed by atoms with Gasteiger partial charge in [-0.2, -0.15) is 0 Å². The van der Waals surface area contributed by atoms with Crippen LogP contribution in [0.25, 0.3) is 0 Å². The molecule has 2 unspecified atom stereocenters. The van der Waals surface area contributed by atoms with Crippen molar-refractivity contribution in [3.8, 4) is 0 Å². The predicted octanol–water partition coefficient (Wildman–Crippen LogP) is 2.65. The highest BCUT2D eigenvalue weighted by molar-refractivity contribution is 7.84. The summed E-state index contributed by atoms with van der Waals surface area (Å²) in [4.78, 5) is 0. The van der Waals surface area contributed by atoms with Crippen molar-refractivity contribution in [2.45, 2.75) is 33.2 Å². The Morgan fingerprint density at radius 1 is 1.24 bits per heavy atom. The molecule has 17 heavy (non-hydrogen) atoms. The van der Waals surface area contributed by atoms with Crippen molar-refractivity contribution >= 4 is 10.8 Å². The second-order valence-corrected chi connectivity index (χ2v) is 6.63. The van der Waals surface area contributed by atoms with E-state index in [1.54, 1.807) is 0 Å². The summed E-state index contributed by atoms with van der Waals surface area (Å²) in [6.45, 7) is 6.35. The van der Waals surface area contributed by atoms with E-state index < -0.39 is 10.8 Å². The first kappa shape index (κ1) is 14.4. The van der Waals surface area contributed by atoms with Crippen LogP contribution in [0.5, 0.6) is 0 Å². The second kappa shape index (κ2) is 6.92. The zero-order valence-corrected chi connectivity index (χ0v) is 11.8. The van der Waals surface area contributed by atoms with Crippen LogP contribution in [0.4, 0.5) is 0 Å². The molecule has 1 aromatic carbocycles. The van der Waals surface area contributed by atoms with E-state index in [1.807, 2.05) is 6.92 Å². The van der Waals surface area contributed by atoms with E-state index in [0.29, 0.717) is 17.4 Å². The zero-order valence-electron chi connectivity index (χ0n) is 11.0. The average Bonchev–Trinajstić information content (AvgIpc) is 2.28. The first-order valence-corrected chi connectivity index (χ1v) is 7.71. The molecule has 2 atom stereocenters.